The fraction of sp³-hybridized carbons (Fsp3) is 0.438. The number of nitrogens with one attached hydrogen (secondary N) is 1. The van der Waals surface area contributed by atoms with Crippen molar-refractivity contribution in [2.24, 2.45) is 5.92 Å². The van der Waals surface area contributed by atoms with E-state index in [1.54, 1.807) is 24.1 Å². The van der Waals surface area contributed by atoms with E-state index in [4.69, 9.17) is 0 Å². The highest BCUT2D eigenvalue weighted by Crippen LogP contribution is 2.46. The first-order chi connectivity index (χ1) is 10.1. The van der Waals surface area contributed by atoms with Crippen molar-refractivity contribution in [3.05, 3.63) is 47.0 Å². The minimum absolute atomic E-state index is 0.0145. The summed E-state index contributed by atoms with van der Waals surface area (Å²) in [5, 5.41) is 1.69. The van der Waals surface area contributed by atoms with Crippen LogP contribution in [0.2, 0.25) is 0 Å². The van der Waals surface area contributed by atoms with Gasteiger partial charge in [0.05, 0.1) is 11.4 Å². The molecule has 0 aliphatic carbocycles. The summed E-state index contributed by atoms with van der Waals surface area (Å²) in [5.41, 5.74) is 6.67. The van der Waals surface area contributed by atoms with Crippen molar-refractivity contribution in [2.75, 3.05) is 13.1 Å². The minimum Gasteiger partial charge on any atom is -0.371 e. The Morgan fingerprint density at radius 3 is 2.52 bits per heavy atom. The lowest BCUT2D eigenvalue weighted by Crippen LogP contribution is -2.41. The van der Waals surface area contributed by atoms with Crippen molar-refractivity contribution in [1.29, 1.82) is 0 Å². The molecule has 0 radical (unpaired) electrons. The number of hydrogen-bond acceptors (Lipinski definition) is 3. The van der Waals surface area contributed by atoms with Crippen LogP contribution in [0.5, 0.6) is 0 Å². The zero-order chi connectivity index (χ0) is 14.6. The standard InChI is InChI=1S/C16H18FN3O/c1-10(21)20-15(12-2-4-13(17)5-3-12)16-14(18-20)11-6-8-19(16)9-7-11/h2-5,11,15,18H,6-9H2,1H3. The van der Waals surface area contributed by atoms with Crippen LogP contribution in [0.25, 0.3) is 0 Å². The summed E-state index contributed by atoms with van der Waals surface area (Å²) in [5.74, 6) is 0.260. The Labute approximate surface area is 123 Å². The van der Waals surface area contributed by atoms with E-state index in [0.717, 1.165) is 31.5 Å². The molecule has 0 aromatic heterocycles. The van der Waals surface area contributed by atoms with Gasteiger partial charge in [-0.15, -0.1) is 0 Å². The third-order valence-electron chi connectivity index (χ3n) is 4.80. The number of carbonyl (C=O) groups is 1. The number of hydrogen-bond donors (Lipinski definition) is 1. The van der Waals surface area contributed by atoms with Gasteiger partial charge in [0, 0.05) is 25.9 Å². The van der Waals surface area contributed by atoms with Crippen molar-refractivity contribution < 1.29 is 9.18 Å². The van der Waals surface area contributed by atoms with E-state index in [-0.39, 0.29) is 17.8 Å². The summed E-state index contributed by atoms with van der Waals surface area (Å²) in [4.78, 5) is 14.4. The van der Waals surface area contributed by atoms with Gasteiger partial charge in [0.2, 0.25) is 5.91 Å². The largest absolute Gasteiger partial charge is 0.371 e. The summed E-state index contributed by atoms with van der Waals surface area (Å²) in [7, 11) is 0. The van der Waals surface area contributed by atoms with Crippen molar-refractivity contribution >= 4 is 5.91 Å². The number of hydrazine groups is 1. The van der Waals surface area contributed by atoms with Crippen LogP contribution < -0.4 is 5.43 Å². The zero-order valence-corrected chi connectivity index (χ0v) is 12.0. The quantitative estimate of drug-likeness (QED) is 0.860. The second kappa shape index (κ2) is 4.48. The number of amides is 1. The molecule has 1 N–H and O–H groups in total. The van der Waals surface area contributed by atoms with Gasteiger partial charge in [-0.25, -0.2) is 9.40 Å². The second-order valence-corrected chi connectivity index (χ2v) is 6.02. The second-order valence-electron chi connectivity index (χ2n) is 6.02. The van der Waals surface area contributed by atoms with Crippen molar-refractivity contribution in [3.63, 3.8) is 0 Å². The van der Waals surface area contributed by atoms with Crippen LogP contribution >= 0.6 is 0 Å². The van der Waals surface area contributed by atoms with Crippen molar-refractivity contribution in [2.45, 2.75) is 25.8 Å². The normalized spacial score (nSPS) is 24.4. The monoisotopic (exact) mass is 287 g/mol. The maximum absolute atomic E-state index is 13.2. The Kier molecular flexibility index (Phi) is 2.71. The third kappa shape index (κ3) is 1.83. The number of allylic oxidation sites excluding steroid dienone is 1. The molecule has 0 saturated carbocycles. The first kappa shape index (κ1) is 12.7. The molecule has 4 aliphatic heterocycles. The molecule has 1 aromatic carbocycles. The maximum atomic E-state index is 13.2. The minimum atomic E-state index is -0.251. The Balaban J connectivity index is 1.80. The highest BCUT2D eigenvalue weighted by atomic mass is 19.1. The van der Waals surface area contributed by atoms with E-state index in [1.165, 1.54) is 23.5 Å². The van der Waals surface area contributed by atoms with E-state index in [1.807, 2.05) is 0 Å². The van der Waals surface area contributed by atoms with Crippen LogP contribution in [0, 0.1) is 11.7 Å². The molecule has 1 amide bonds. The molecule has 1 atom stereocenters. The fourth-order valence-electron chi connectivity index (χ4n) is 3.79. The molecule has 4 heterocycles. The molecule has 4 nitrogen and oxygen atoms in total. The number of benzene rings is 1. The molecule has 1 aromatic rings. The van der Waals surface area contributed by atoms with Gasteiger partial charge in [-0.3, -0.25) is 10.2 Å². The van der Waals surface area contributed by atoms with Crippen LogP contribution in [0.4, 0.5) is 4.39 Å². The van der Waals surface area contributed by atoms with E-state index in [2.05, 4.69) is 10.3 Å². The molecule has 0 spiro atoms. The molecule has 110 valence electrons. The number of piperidine rings is 1. The molecule has 5 rings (SSSR count). The van der Waals surface area contributed by atoms with E-state index >= 15 is 0 Å². The van der Waals surface area contributed by atoms with Crippen molar-refractivity contribution in [3.8, 4) is 0 Å². The van der Waals surface area contributed by atoms with Crippen LogP contribution in [0.1, 0.15) is 31.4 Å². The number of fused-ring (bicyclic) bond motifs is 2. The van der Waals surface area contributed by atoms with Crippen LogP contribution in [-0.2, 0) is 4.79 Å². The zero-order valence-electron chi connectivity index (χ0n) is 12.0. The van der Waals surface area contributed by atoms with Gasteiger partial charge < -0.3 is 4.90 Å². The first-order valence-electron chi connectivity index (χ1n) is 7.46. The predicted octanol–water partition coefficient (Wildman–Crippen LogP) is 2.17. The highest BCUT2D eigenvalue weighted by Gasteiger charge is 2.45. The molecule has 4 aliphatic rings. The Hall–Kier alpha value is -2.04. The summed E-state index contributed by atoms with van der Waals surface area (Å²) < 4.78 is 13.2. The van der Waals surface area contributed by atoms with Gasteiger partial charge in [0.15, 0.2) is 0 Å². The van der Waals surface area contributed by atoms with Gasteiger partial charge in [-0.05, 0) is 30.5 Å². The van der Waals surface area contributed by atoms with Gasteiger partial charge in [0.25, 0.3) is 0 Å². The average Bonchev–Trinajstić information content (AvgIpc) is 2.92. The van der Waals surface area contributed by atoms with E-state index in [0.29, 0.717) is 5.92 Å². The lowest BCUT2D eigenvalue weighted by Gasteiger charge is -2.41. The van der Waals surface area contributed by atoms with Gasteiger partial charge in [-0.2, -0.15) is 0 Å². The highest BCUT2D eigenvalue weighted by molar-refractivity contribution is 5.75. The fourth-order valence-corrected chi connectivity index (χ4v) is 3.79. The van der Waals surface area contributed by atoms with Crippen LogP contribution in [0.3, 0.4) is 0 Å². The predicted molar refractivity (Wildman–Crippen MR) is 76.1 cm³/mol. The lowest BCUT2D eigenvalue weighted by atomic mass is 9.85. The number of halogens is 1. The van der Waals surface area contributed by atoms with E-state index < -0.39 is 0 Å². The molecule has 1 saturated heterocycles. The topological polar surface area (TPSA) is 35.6 Å². The molecule has 5 heteroatoms. The van der Waals surface area contributed by atoms with E-state index in [9.17, 15) is 9.18 Å². The SMILES string of the molecule is CC(=O)N1NC2=C(C1c1ccc(F)cc1)N1CCC2CC1. The molecule has 1 fully saturated rings. The summed E-state index contributed by atoms with van der Waals surface area (Å²) in [6.07, 6.45) is 2.29. The van der Waals surface area contributed by atoms with Crippen LogP contribution in [0.15, 0.2) is 35.7 Å². The Morgan fingerprint density at radius 1 is 1.24 bits per heavy atom. The molecular formula is C16H18FN3O. The molecule has 2 bridgehead atoms. The molecule has 21 heavy (non-hydrogen) atoms. The molecular weight excluding hydrogens is 269 g/mol. The summed E-state index contributed by atoms with van der Waals surface area (Å²) in [6, 6.07) is 6.33. The average molecular weight is 287 g/mol. The maximum Gasteiger partial charge on any atom is 0.238 e. The smallest absolute Gasteiger partial charge is 0.238 e. The third-order valence-corrected chi connectivity index (χ3v) is 4.80. The Morgan fingerprint density at radius 2 is 1.90 bits per heavy atom. The number of nitrogens with zero attached hydrogens (tertiary/aromatic N) is 2. The summed E-state index contributed by atoms with van der Waals surface area (Å²) >= 11 is 0. The van der Waals surface area contributed by atoms with Crippen LogP contribution in [-0.4, -0.2) is 28.9 Å². The first-order valence-corrected chi connectivity index (χ1v) is 7.46. The molecule has 1 unspecified atom stereocenters. The number of carbonyl (C=O) groups excluding carboxylic acids is 1. The van der Waals surface area contributed by atoms with Gasteiger partial charge in [-0.1, -0.05) is 12.1 Å². The van der Waals surface area contributed by atoms with Gasteiger partial charge >= 0.3 is 0 Å². The number of rotatable bonds is 1. The Bertz CT molecular complexity index is 617. The van der Waals surface area contributed by atoms with Gasteiger partial charge in [0.1, 0.15) is 11.9 Å². The lowest BCUT2D eigenvalue weighted by molar-refractivity contribution is -0.132. The van der Waals surface area contributed by atoms with Crippen molar-refractivity contribution in [1.82, 2.24) is 15.3 Å². The summed E-state index contributed by atoms with van der Waals surface area (Å²) in [6.45, 7) is 3.67.